The first-order valence-corrected chi connectivity index (χ1v) is 7.62. The fourth-order valence-corrected chi connectivity index (χ4v) is 2.35. The summed E-state index contributed by atoms with van der Waals surface area (Å²) in [4.78, 5) is 37.0. The number of halogens is 1. The molecular weight excluding hydrogens is 341 g/mol. The lowest BCUT2D eigenvalue weighted by Crippen LogP contribution is -2.38. The van der Waals surface area contributed by atoms with E-state index in [1.165, 1.54) is 36.4 Å². The van der Waals surface area contributed by atoms with Crippen LogP contribution >= 0.6 is 0 Å². The first-order chi connectivity index (χ1) is 12.4. The molecule has 0 aliphatic carbocycles. The van der Waals surface area contributed by atoms with Crippen molar-refractivity contribution in [3.63, 3.8) is 0 Å². The standard InChI is InChI=1S/C18H14FN3O4/c19-13-3-1-2-4-14(13)20-16(24)10-22-17(25)15(21-18(22)26)9-11-5-7-12(23)8-6-11/h1-9,23H,10H2,(H,20,24)(H,21,26)/b15-9+. The summed E-state index contributed by atoms with van der Waals surface area (Å²) in [5, 5.41) is 13.9. The van der Waals surface area contributed by atoms with Crippen molar-refractivity contribution in [3.05, 3.63) is 65.6 Å². The molecule has 132 valence electrons. The van der Waals surface area contributed by atoms with Crippen LogP contribution in [-0.4, -0.2) is 34.4 Å². The van der Waals surface area contributed by atoms with Gasteiger partial charge in [0.25, 0.3) is 5.91 Å². The number of phenolic OH excluding ortho intramolecular Hbond substituents is 1. The summed E-state index contributed by atoms with van der Waals surface area (Å²) in [5.74, 6) is -1.93. The predicted octanol–water partition coefficient (Wildman–Crippen LogP) is 2.06. The second-order valence-electron chi connectivity index (χ2n) is 5.50. The van der Waals surface area contributed by atoms with Crippen LogP contribution in [0.1, 0.15) is 5.56 Å². The molecule has 2 aromatic rings. The number of amides is 4. The molecular formula is C18H14FN3O4. The van der Waals surface area contributed by atoms with Crippen molar-refractivity contribution in [2.75, 3.05) is 11.9 Å². The van der Waals surface area contributed by atoms with Crippen LogP contribution in [0.3, 0.4) is 0 Å². The predicted molar refractivity (Wildman–Crippen MR) is 91.4 cm³/mol. The fraction of sp³-hybridized carbons (Fsp3) is 0.0556. The highest BCUT2D eigenvalue weighted by atomic mass is 19.1. The highest BCUT2D eigenvalue weighted by Crippen LogP contribution is 2.17. The Kier molecular flexibility index (Phi) is 4.66. The summed E-state index contributed by atoms with van der Waals surface area (Å²) in [6.45, 7) is -0.550. The minimum Gasteiger partial charge on any atom is -0.508 e. The zero-order chi connectivity index (χ0) is 18.7. The summed E-state index contributed by atoms with van der Waals surface area (Å²) in [5.41, 5.74) is 0.549. The second-order valence-corrected chi connectivity index (χ2v) is 5.50. The minimum absolute atomic E-state index is 0.000573. The van der Waals surface area contributed by atoms with Gasteiger partial charge in [0, 0.05) is 0 Å². The molecule has 4 amide bonds. The normalized spacial score (nSPS) is 15.3. The number of hydrogen-bond acceptors (Lipinski definition) is 4. The Hall–Kier alpha value is -3.68. The van der Waals surface area contributed by atoms with Gasteiger partial charge in [-0.15, -0.1) is 0 Å². The van der Waals surface area contributed by atoms with Crippen LogP contribution < -0.4 is 10.6 Å². The third kappa shape index (κ3) is 3.69. The van der Waals surface area contributed by atoms with Crippen molar-refractivity contribution in [2.45, 2.75) is 0 Å². The van der Waals surface area contributed by atoms with Gasteiger partial charge in [0.15, 0.2) is 0 Å². The smallest absolute Gasteiger partial charge is 0.329 e. The lowest BCUT2D eigenvalue weighted by Gasteiger charge is -2.12. The number of benzene rings is 2. The van der Waals surface area contributed by atoms with E-state index in [-0.39, 0.29) is 17.1 Å². The Labute approximate surface area is 147 Å². The SMILES string of the molecule is O=C(CN1C(=O)N/C(=C/c2ccc(O)cc2)C1=O)Nc1ccccc1F. The molecule has 1 saturated heterocycles. The molecule has 0 radical (unpaired) electrons. The van der Waals surface area contributed by atoms with E-state index in [1.54, 1.807) is 18.2 Å². The lowest BCUT2D eigenvalue weighted by atomic mass is 10.2. The summed E-state index contributed by atoms with van der Waals surface area (Å²) < 4.78 is 13.5. The van der Waals surface area contributed by atoms with Gasteiger partial charge in [-0.2, -0.15) is 0 Å². The van der Waals surface area contributed by atoms with Gasteiger partial charge < -0.3 is 15.7 Å². The van der Waals surface area contributed by atoms with E-state index in [1.807, 2.05) is 0 Å². The van der Waals surface area contributed by atoms with Gasteiger partial charge in [0.05, 0.1) is 5.69 Å². The van der Waals surface area contributed by atoms with E-state index in [0.29, 0.717) is 5.56 Å². The van der Waals surface area contributed by atoms with Crippen molar-refractivity contribution in [2.24, 2.45) is 0 Å². The van der Waals surface area contributed by atoms with Crippen LogP contribution in [0, 0.1) is 5.82 Å². The van der Waals surface area contributed by atoms with Crippen LogP contribution in [-0.2, 0) is 9.59 Å². The molecule has 8 heteroatoms. The van der Waals surface area contributed by atoms with Gasteiger partial charge in [0.2, 0.25) is 5.91 Å². The summed E-state index contributed by atoms with van der Waals surface area (Å²) in [7, 11) is 0. The molecule has 2 aromatic carbocycles. The fourth-order valence-electron chi connectivity index (χ4n) is 2.35. The molecule has 3 N–H and O–H groups in total. The Morgan fingerprint density at radius 3 is 2.54 bits per heavy atom. The molecule has 0 atom stereocenters. The first kappa shape index (κ1) is 17.2. The maximum Gasteiger partial charge on any atom is 0.329 e. The van der Waals surface area contributed by atoms with Gasteiger partial charge in [-0.3, -0.25) is 9.59 Å². The number of carbonyl (C=O) groups is 3. The number of hydrogen-bond donors (Lipinski definition) is 3. The molecule has 7 nitrogen and oxygen atoms in total. The highest BCUT2D eigenvalue weighted by Gasteiger charge is 2.34. The molecule has 0 saturated carbocycles. The Morgan fingerprint density at radius 1 is 1.15 bits per heavy atom. The number of carbonyl (C=O) groups excluding carboxylic acids is 3. The molecule has 3 rings (SSSR count). The first-order valence-electron chi connectivity index (χ1n) is 7.62. The third-order valence-corrected chi connectivity index (χ3v) is 3.62. The molecule has 26 heavy (non-hydrogen) atoms. The van der Waals surface area contributed by atoms with Crippen LogP contribution in [0.25, 0.3) is 6.08 Å². The monoisotopic (exact) mass is 355 g/mol. The quantitative estimate of drug-likeness (QED) is 0.577. The van der Waals surface area contributed by atoms with Crippen LogP contribution in [0.2, 0.25) is 0 Å². The molecule has 0 bridgehead atoms. The number of aromatic hydroxyl groups is 1. The maximum atomic E-state index is 13.5. The molecule has 1 aliphatic heterocycles. The van der Waals surface area contributed by atoms with Crippen molar-refractivity contribution >= 4 is 29.6 Å². The van der Waals surface area contributed by atoms with Crippen LogP contribution in [0.15, 0.2) is 54.2 Å². The zero-order valence-corrected chi connectivity index (χ0v) is 13.4. The van der Waals surface area contributed by atoms with Crippen molar-refractivity contribution in [1.82, 2.24) is 10.2 Å². The Bertz CT molecular complexity index is 909. The molecule has 1 fully saturated rings. The number of para-hydroxylation sites is 1. The largest absolute Gasteiger partial charge is 0.508 e. The van der Waals surface area contributed by atoms with E-state index in [4.69, 9.17) is 0 Å². The number of urea groups is 1. The van der Waals surface area contributed by atoms with Gasteiger partial charge >= 0.3 is 6.03 Å². The van der Waals surface area contributed by atoms with Gasteiger partial charge in [-0.05, 0) is 35.9 Å². The van der Waals surface area contributed by atoms with E-state index in [2.05, 4.69) is 10.6 Å². The molecule has 1 heterocycles. The average molecular weight is 355 g/mol. The van der Waals surface area contributed by atoms with Gasteiger partial charge in [-0.25, -0.2) is 14.1 Å². The number of phenols is 1. The van der Waals surface area contributed by atoms with Crippen molar-refractivity contribution in [3.8, 4) is 5.75 Å². The van der Waals surface area contributed by atoms with Gasteiger partial charge in [-0.1, -0.05) is 24.3 Å². The summed E-state index contributed by atoms with van der Waals surface area (Å²) in [6.07, 6.45) is 1.43. The zero-order valence-electron chi connectivity index (χ0n) is 13.4. The third-order valence-electron chi connectivity index (χ3n) is 3.62. The molecule has 0 spiro atoms. The van der Waals surface area contributed by atoms with E-state index in [9.17, 15) is 23.9 Å². The Balaban J connectivity index is 1.70. The number of nitrogens with one attached hydrogen (secondary N) is 2. The molecule has 1 aliphatic rings. The van der Waals surface area contributed by atoms with E-state index >= 15 is 0 Å². The number of nitrogens with zero attached hydrogens (tertiary/aromatic N) is 1. The number of rotatable bonds is 4. The molecule has 0 unspecified atom stereocenters. The van der Waals surface area contributed by atoms with Crippen LogP contribution in [0.5, 0.6) is 5.75 Å². The number of imide groups is 1. The number of anilines is 1. The van der Waals surface area contributed by atoms with E-state index < -0.39 is 30.2 Å². The maximum absolute atomic E-state index is 13.5. The highest BCUT2D eigenvalue weighted by molar-refractivity contribution is 6.15. The average Bonchev–Trinajstić information content (AvgIpc) is 2.86. The topological polar surface area (TPSA) is 98.7 Å². The Morgan fingerprint density at radius 2 is 1.85 bits per heavy atom. The summed E-state index contributed by atoms with van der Waals surface area (Å²) in [6, 6.07) is 10.8. The lowest BCUT2D eigenvalue weighted by molar-refractivity contribution is -0.127. The molecule has 0 aromatic heterocycles. The van der Waals surface area contributed by atoms with Crippen molar-refractivity contribution in [1.29, 1.82) is 0 Å². The summed E-state index contributed by atoms with van der Waals surface area (Å²) >= 11 is 0. The van der Waals surface area contributed by atoms with E-state index in [0.717, 1.165) is 4.90 Å². The minimum atomic E-state index is -0.747. The van der Waals surface area contributed by atoms with Crippen molar-refractivity contribution < 1.29 is 23.9 Å². The van der Waals surface area contributed by atoms with Crippen LogP contribution in [0.4, 0.5) is 14.9 Å². The second kappa shape index (κ2) is 7.06. The van der Waals surface area contributed by atoms with Gasteiger partial charge in [0.1, 0.15) is 23.8 Å².